The maximum Gasteiger partial charge on any atom is 0.0314 e. The first-order chi connectivity index (χ1) is 9.09. The lowest BCUT2D eigenvalue weighted by atomic mass is 9.94. The van der Waals surface area contributed by atoms with Gasteiger partial charge in [-0.25, -0.2) is 0 Å². The third-order valence-electron chi connectivity index (χ3n) is 4.55. The van der Waals surface area contributed by atoms with E-state index in [0.29, 0.717) is 5.41 Å². The summed E-state index contributed by atoms with van der Waals surface area (Å²) in [4.78, 5) is 2.74. The van der Waals surface area contributed by atoms with Crippen molar-refractivity contribution in [2.24, 2.45) is 5.92 Å². The van der Waals surface area contributed by atoms with E-state index in [9.17, 15) is 0 Å². The molecule has 2 heteroatoms. The van der Waals surface area contributed by atoms with Crippen LogP contribution in [0.3, 0.4) is 0 Å². The number of nitrogens with two attached hydrogens (primary N) is 1. The smallest absolute Gasteiger partial charge is 0.0314 e. The van der Waals surface area contributed by atoms with Gasteiger partial charge in [0.2, 0.25) is 0 Å². The van der Waals surface area contributed by atoms with Crippen molar-refractivity contribution in [1.82, 2.24) is 4.90 Å². The molecule has 0 saturated heterocycles. The number of hydrogen-bond acceptors (Lipinski definition) is 2. The van der Waals surface area contributed by atoms with Crippen LogP contribution in [0.25, 0.3) is 0 Å². The van der Waals surface area contributed by atoms with Gasteiger partial charge in [-0.2, -0.15) is 0 Å². The summed E-state index contributed by atoms with van der Waals surface area (Å²) in [5, 5.41) is 0. The highest BCUT2D eigenvalue weighted by molar-refractivity contribution is 5.43. The van der Waals surface area contributed by atoms with Gasteiger partial charge in [-0.05, 0) is 49.3 Å². The van der Waals surface area contributed by atoms with Gasteiger partial charge in [0, 0.05) is 30.2 Å². The first-order valence-corrected chi connectivity index (χ1v) is 7.69. The second kappa shape index (κ2) is 4.82. The third-order valence-corrected chi connectivity index (χ3v) is 4.55. The molecule has 0 aliphatic heterocycles. The second-order valence-electron chi connectivity index (χ2n) is 6.96. The van der Waals surface area contributed by atoms with Crippen molar-refractivity contribution in [3.05, 3.63) is 29.8 Å². The van der Waals surface area contributed by atoms with Crippen LogP contribution in [0.15, 0.2) is 24.3 Å². The number of benzene rings is 1. The van der Waals surface area contributed by atoms with Crippen LogP contribution in [0.2, 0.25) is 0 Å². The van der Waals surface area contributed by atoms with E-state index in [1.54, 1.807) is 0 Å². The number of anilines is 1. The summed E-state index contributed by atoms with van der Waals surface area (Å²) < 4.78 is 0. The molecule has 0 unspecified atom stereocenters. The molecule has 0 amide bonds. The van der Waals surface area contributed by atoms with Crippen molar-refractivity contribution in [2.75, 3.05) is 18.8 Å². The number of nitrogens with zero attached hydrogens (tertiary/aromatic N) is 1. The molecule has 0 radical (unpaired) electrons. The number of hydrogen-bond donors (Lipinski definition) is 1. The van der Waals surface area contributed by atoms with E-state index in [0.717, 1.165) is 17.6 Å². The van der Waals surface area contributed by atoms with Crippen LogP contribution in [0.4, 0.5) is 5.69 Å². The van der Waals surface area contributed by atoms with Crippen LogP contribution in [0.5, 0.6) is 0 Å². The normalized spacial score (nSPS) is 21.1. The molecule has 2 fully saturated rings. The minimum atomic E-state index is 0.436. The average molecular weight is 258 g/mol. The molecular weight excluding hydrogens is 232 g/mol. The molecule has 0 heterocycles. The summed E-state index contributed by atoms with van der Waals surface area (Å²) in [6.45, 7) is 7.16. The molecule has 0 spiro atoms. The quantitative estimate of drug-likeness (QED) is 0.792. The van der Waals surface area contributed by atoms with E-state index < -0.39 is 0 Å². The Morgan fingerprint density at radius 3 is 2.32 bits per heavy atom. The highest BCUT2D eigenvalue weighted by atomic mass is 15.2. The Hall–Kier alpha value is -1.02. The molecule has 19 heavy (non-hydrogen) atoms. The molecule has 2 nitrogen and oxygen atoms in total. The zero-order valence-electron chi connectivity index (χ0n) is 12.2. The maximum absolute atomic E-state index is 5.81. The van der Waals surface area contributed by atoms with E-state index in [-0.39, 0.29) is 0 Å². The number of nitrogen functional groups attached to an aromatic ring is 1. The Morgan fingerprint density at radius 2 is 1.84 bits per heavy atom. The SMILES string of the molecule is CC(C)CN(CC1(c2ccc(N)cc2)CC1)C1CC1. The minimum Gasteiger partial charge on any atom is -0.399 e. The van der Waals surface area contributed by atoms with Crippen LogP contribution >= 0.6 is 0 Å². The Morgan fingerprint density at radius 1 is 1.21 bits per heavy atom. The standard InChI is InChI=1S/C17H26N2/c1-13(2)11-19(16-7-8-16)12-17(9-10-17)14-3-5-15(18)6-4-14/h3-6,13,16H,7-12,18H2,1-2H3. The fraction of sp³-hybridized carbons (Fsp3) is 0.647. The lowest BCUT2D eigenvalue weighted by molar-refractivity contribution is 0.214. The first-order valence-electron chi connectivity index (χ1n) is 7.69. The Labute approximate surface area is 117 Å². The van der Waals surface area contributed by atoms with Gasteiger partial charge >= 0.3 is 0 Å². The van der Waals surface area contributed by atoms with Crippen molar-refractivity contribution in [3.63, 3.8) is 0 Å². The zero-order valence-corrected chi connectivity index (χ0v) is 12.2. The number of rotatable bonds is 6. The fourth-order valence-electron chi connectivity index (χ4n) is 3.17. The van der Waals surface area contributed by atoms with E-state index in [1.807, 2.05) is 0 Å². The highest BCUT2D eigenvalue weighted by Gasteiger charge is 2.47. The van der Waals surface area contributed by atoms with Gasteiger partial charge in [0.1, 0.15) is 0 Å². The molecule has 0 aromatic heterocycles. The fourth-order valence-corrected chi connectivity index (χ4v) is 3.17. The van der Waals surface area contributed by atoms with Gasteiger partial charge < -0.3 is 5.73 Å². The predicted octanol–water partition coefficient (Wildman–Crippen LogP) is 3.42. The summed E-state index contributed by atoms with van der Waals surface area (Å²) in [5.74, 6) is 0.766. The van der Waals surface area contributed by atoms with E-state index in [2.05, 4.69) is 43.0 Å². The molecule has 104 valence electrons. The average Bonchev–Trinajstić information content (AvgIpc) is 3.24. The Kier molecular flexibility index (Phi) is 3.30. The molecule has 0 bridgehead atoms. The van der Waals surface area contributed by atoms with Crippen molar-refractivity contribution >= 4 is 5.69 Å². The second-order valence-corrected chi connectivity index (χ2v) is 6.96. The van der Waals surface area contributed by atoms with Crippen LogP contribution in [0.1, 0.15) is 45.1 Å². The Bertz CT molecular complexity index is 427. The molecule has 2 aliphatic rings. The molecule has 0 atom stereocenters. The minimum absolute atomic E-state index is 0.436. The Balaban J connectivity index is 1.71. The maximum atomic E-state index is 5.81. The van der Waals surface area contributed by atoms with Crippen molar-refractivity contribution in [3.8, 4) is 0 Å². The van der Waals surface area contributed by atoms with E-state index >= 15 is 0 Å². The molecule has 3 rings (SSSR count). The topological polar surface area (TPSA) is 29.3 Å². The summed E-state index contributed by atoms with van der Waals surface area (Å²) in [6, 6.07) is 9.46. The largest absolute Gasteiger partial charge is 0.399 e. The van der Waals surface area contributed by atoms with Crippen LogP contribution in [0, 0.1) is 5.92 Å². The molecular formula is C17H26N2. The zero-order chi connectivity index (χ0) is 13.5. The van der Waals surface area contributed by atoms with E-state index in [1.165, 1.54) is 44.3 Å². The van der Waals surface area contributed by atoms with Gasteiger partial charge in [-0.1, -0.05) is 26.0 Å². The van der Waals surface area contributed by atoms with Crippen molar-refractivity contribution in [2.45, 2.75) is 51.0 Å². The summed E-state index contributed by atoms with van der Waals surface area (Å²) in [7, 11) is 0. The van der Waals surface area contributed by atoms with E-state index in [4.69, 9.17) is 5.73 Å². The van der Waals surface area contributed by atoms with Gasteiger partial charge in [-0.15, -0.1) is 0 Å². The van der Waals surface area contributed by atoms with Crippen LogP contribution < -0.4 is 5.73 Å². The lowest BCUT2D eigenvalue weighted by Crippen LogP contribution is -2.37. The third kappa shape index (κ3) is 2.94. The van der Waals surface area contributed by atoms with Crippen molar-refractivity contribution in [1.29, 1.82) is 0 Å². The van der Waals surface area contributed by atoms with Crippen molar-refractivity contribution < 1.29 is 0 Å². The lowest BCUT2D eigenvalue weighted by Gasteiger charge is -2.29. The molecule has 2 aliphatic carbocycles. The molecule has 2 N–H and O–H groups in total. The summed E-state index contributed by atoms with van der Waals surface area (Å²) in [6.07, 6.45) is 5.51. The predicted molar refractivity (Wildman–Crippen MR) is 81.2 cm³/mol. The summed E-state index contributed by atoms with van der Waals surface area (Å²) in [5.41, 5.74) is 8.61. The van der Waals surface area contributed by atoms with Gasteiger partial charge in [-0.3, -0.25) is 4.90 Å². The van der Waals surface area contributed by atoms with Gasteiger partial charge in [0.25, 0.3) is 0 Å². The van der Waals surface area contributed by atoms with Gasteiger partial charge in [0.15, 0.2) is 0 Å². The molecule has 1 aromatic rings. The van der Waals surface area contributed by atoms with Gasteiger partial charge in [0.05, 0.1) is 0 Å². The monoisotopic (exact) mass is 258 g/mol. The van der Waals surface area contributed by atoms with Crippen LogP contribution in [-0.4, -0.2) is 24.0 Å². The molecule has 1 aromatic carbocycles. The highest BCUT2D eigenvalue weighted by Crippen LogP contribution is 2.50. The van der Waals surface area contributed by atoms with Crippen LogP contribution in [-0.2, 0) is 5.41 Å². The first kappa shape index (κ1) is 13.0. The summed E-state index contributed by atoms with van der Waals surface area (Å²) >= 11 is 0. The molecule has 2 saturated carbocycles.